The summed E-state index contributed by atoms with van der Waals surface area (Å²) in [6.45, 7) is 7.73. The van der Waals surface area contributed by atoms with Crippen molar-refractivity contribution in [3.63, 3.8) is 0 Å². The first kappa shape index (κ1) is 17.4. The van der Waals surface area contributed by atoms with Crippen LogP contribution in [0.1, 0.15) is 11.4 Å². The largest absolute Gasteiger partial charge is 0.333 e. The van der Waals surface area contributed by atoms with Gasteiger partial charge in [0.25, 0.3) is 5.56 Å². The van der Waals surface area contributed by atoms with Crippen LogP contribution in [0.4, 0.5) is 0 Å². The van der Waals surface area contributed by atoms with Crippen molar-refractivity contribution in [2.75, 3.05) is 0 Å². The molecule has 2 aromatic heterocycles. The minimum Gasteiger partial charge on any atom is -0.322 e. The van der Waals surface area contributed by atoms with Crippen molar-refractivity contribution in [3.05, 3.63) is 87.9 Å². The standard InChI is InChI=1S/C20H20N4O2/c1-4-13-23-18-17(19(25)24(14-5-2)20(23)26)22(3)16(21-18)12-11-15-9-7-6-8-10-15/h4-12H,1-2,13-14H2,3H3/b12-11+. The Morgan fingerprint density at radius 3 is 2.31 bits per heavy atom. The molecule has 0 saturated carbocycles. The van der Waals surface area contributed by atoms with E-state index in [4.69, 9.17) is 0 Å². The van der Waals surface area contributed by atoms with Crippen LogP contribution < -0.4 is 11.2 Å². The average molecular weight is 348 g/mol. The third kappa shape index (κ3) is 2.97. The fourth-order valence-electron chi connectivity index (χ4n) is 2.85. The molecule has 2 heterocycles. The Labute approximate surface area is 150 Å². The van der Waals surface area contributed by atoms with Crippen molar-refractivity contribution in [1.29, 1.82) is 0 Å². The van der Waals surface area contributed by atoms with E-state index in [9.17, 15) is 9.59 Å². The van der Waals surface area contributed by atoms with E-state index in [0.29, 0.717) is 17.0 Å². The molecule has 0 amide bonds. The normalized spacial score (nSPS) is 11.3. The van der Waals surface area contributed by atoms with Crippen molar-refractivity contribution in [3.8, 4) is 0 Å². The first-order chi connectivity index (χ1) is 12.6. The van der Waals surface area contributed by atoms with Crippen LogP contribution in [0.3, 0.4) is 0 Å². The summed E-state index contributed by atoms with van der Waals surface area (Å²) in [6.07, 6.45) is 6.88. The van der Waals surface area contributed by atoms with Gasteiger partial charge in [-0.15, -0.1) is 13.2 Å². The summed E-state index contributed by atoms with van der Waals surface area (Å²) in [4.78, 5) is 30.0. The molecular weight excluding hydrogens is 328 g/mol. The second-order valence-corrected chi connectivity index (χ2v) is 5.83. The molecule has 132 valence electrons. The summed E-state index contributed by atoms with van der Waals surface area (Å²) in [5, 5.41) is 0. The molecule has 0 N–H and O–H groups in total. The van der Waals surface area contributed by atoms with E-state index < -0.39 is 5.69 Å². The van der Waals surface area contributed by atoms with Crippen LogP contribution in [0.2, 0.25) is 0 Å². The Bertz CT molecular complexity index is 1110. The molecule has 0 radical (unpaired) electrons. The van der Waals surface area contributed by atoms with Gasteiger partial charge in [-0.25, -0.2) is 9.78 Å². The number of imidazole rings is 1. The van der Waals surface area contributed by atoms with Gasteiger partial charge in [-0.05, 0) is 11.6 Å². The highest BCUT2D eigenvalue weighted by Gasteiger charge is 2.18. The van der Waals surface area contributed by atoms with E-state index in [2.05, 4.69) is 18.1 Å². The van der Waals surface area contributed by atoms with Gasteiger partial charge in [-0.1, -0.05) is 48.6 Å². The van der Waals surface area contributed by atoms with Gasteiger partial charge in [0.15, 0.2) is 11.2 Å². The Kier molecular flexibility index (Phi) is 4.84. The first-order valence-electron chi connectivity index (χ1n) is 8.23. The number of allylic oxidation sites excluding steroid dienone is 2. The van der Waals surface area contributed by atoms with Crippen molar-refractivity contribution < 1.29 is 0 Å². The van der Waals surface area contributed by atoms with Crippen molar-refractivity contribution in [1.82, 2.24) is 18.7 Å². The summed E-state index contributed by atoms with van der Waals surface area (Å²) in [7, 11) is 1.77. The molecule has 0 bridgehead atoms. The molecule has 1 aromatic carbocycles. The number of fused-ring (bicyclic) bond motifs is 1. The van der Waals surface area contributed by atoms with Crippen LogP contribution in [0, 0.1) is 0 Å². The fraction of sp³-hybridized carbons (Fsp3) is 0.150. The van der Waals surface area contributed by atoms with Crippen LogP contribution in [-0.2, 0) is 20.1 Å². The molecule has 26 heavy (non-hydrogen) atoms. The van der Waals surface area contributed by atoms with Crippen LogP contribution in [0.5, 0.6) is 0 Å². The molecule has 0 atom stereocenters. The van der Waals surface area contributed by atoms with E-state index in [0.717, 1.165) is 10.1 Å². The lowest BCUT2D eigenvalue weighted by Crippen LogP contribution is -2.40. The third-order valence-electron chi connectivity index (χ3n) is 4.12. The maximum atomic E-state index is 12.8. The second-order valence-electron chi connectivity index (χ2n) is 5.83. The summed E-state index contributed by atoms with van der Waals surface area (Å²) in [5.74, 6) is 0.592. The predicted molar refractivity (Wildman–Crippen MR) is 105 cm³/mol. The van der Waals surface area contributed by atoms with E-state index >= 15 is 0 Å². The van der Waals surface area contributed by atoms with Gasteiger partial charge < -0.3 is 4.57 Å². The molecule has 0 saturated heterocycles. The molecule has 0 aliphatic carbocycles. The summed E-state index contributed by atoms with van der Waals surface area (Å²) in [5.41, 5.74) is 0.960. The van der Waals surface area contributed by atoms with Gasteiger partial charge in [-0.2, -0.15) is 0 Å². The lowest BCUT2D eigenvalue weighted by molar-refractivity contribution is 0.644. The predicted octanol–water partition coefficient (Wildman–Crippen LogP) is 2.44. The zero-order chi connectivity index (χ0) is 18.7. The number of hydrogen-bond donors (Lipinski definition) is 0. The molecule has 3 aromatic rings. The lowest BCUT2D eigenvalue weighted by atomic mass is 10.2. The molecule has 6 heteroatoms. The molecule has 0 unspecified atom stereocenters. The number of benzene rings is 1. The molecule has 3 rings (SSSR count). The van der Waals surface area contributed by atoms with Gasteiger partial charge in [-0.3, -0.25) is 13.9 Å². The summed E-state index contributed by atoms with van der Waals surface area (Å²) >= 11 is 0. The summed E-state index contributed by atoms with van der Waals surface area (Å²) < 4.78 is 4.31. The number of hydrogen-bond acceptors (Lipinski definition) is 3. The van der Waals surface area contributed by atoms with E-state index in [-0.39, 0.29) is 18.6 Å². The number of nitrogens with zero attached hydrogens (tertiary/aromatic N) is 4. The summed E-state index contributed by atoms with van der Waals surface area (Å²) in [6, 6.07) is 9.80. The Balaban J connectivity index is 2.25. The average Bonchev–Trinajstić information content (AvgIpc) is 2.98. The maximum Gasteiger partial charge on any atom is 0.333 e. The SMILES string of the molecule is C=CCn1c(=O)c2c(nc(/C=C/c3ccccc3)n2C)n(CC=C)c1=O. The second kappa shape index (κ2) is 7.23. The Hall–Kier alpha value is -3.41. The topological polar surface area (TPSA) is 61.8 Å². The lowest BCUT2D eigenvalue weighted by Gasteiger charge is -2.08. The quantitative estimate of drug-likeness (QED) is 0.643. The third-order valence-corrected chi connectivity index (χ3v) is 4.12. The first-order valence-corrected chi connectivity index (χ1v) is 8.23. The van der Waals surface area contributed by atoms with E-state index in [1.165, 1.54) is 10.6 Å². The van der Waals surface area contributed by atoms with Crippen molar-refractivity contribution >= 4 is 23.3 Å². The van der Waals surface area contributed by atoms with Gasteiger partial charge >= 0.3 is 5.69 Å². The van der Waals surface area contributed by atoms with E-state index in [1.807, 2.05) is 42.5 Å². The van der Waals surface area contributed by atoms with Gasteiger partial charge in [0.1, 0.15) is 5.82 Å². The van der Waals surface area contributed by atoms with Gasteiger partial charge in [0.05, 0.1) is 0 Å². The van der Waals surface area contributed by atoms with Crippen LogP contribution in [-0.4, -0.2) is 18.7 Å². The minimum absolute atomic E-state index is 0.144. The van der Waals surface area contributed by atoms with Crippen LogP contribution in [0.15, 0.2) is 65.2 Å². The molecule has 0 aliphatic heterocycles. The molecule has 0 fully saturated rings. The fourth-order valence-corrected chi connectivity index (χ4v) is 2.85. The molecule has 0 spiro atoms. The number of aryl methyl sites for hydroxylation is 1. The van der Waals surface area contributed by atoms with E-state index in [1.54, 1.807) is 17.7 Å². The zero-order valence-electron chi connectivity index (χ0n) is 14.6. The Morgan fingerprint density at radius 2 is 1.65 bits per heavy atom. The maximum absolute atomic E-state index is 12.8. The highest BCUT2D eigenvalue weighted by atomic mass is 16.2. The van der Waals surface area contributed by atoms with Gasteiger partial charge in [0, 0.05) is 20.1 Å². The zero-order valence-corrected chi connectivity index (χ0v) is 14.6. The monoisotopic (exact) mass is 348 g/mol. The Morgan fingerprint density at radius 1 is 1.00 bits per heavy atom. The van der Waals surface area contributed by atoms with Crippen molar-refractivity contribution in [2.24, 2.45) is 7.05 Å². The molecular formula is C20H20N4O2. The van der Waals surface area contributed by atoms with Crippen molar-refractivity contribution in [2.45, 2.75) is 13.1 Å². The van der Waals surface area contributed by atoms with Gasteiger partial charge in [0.2, 0.25) is 0 Å². The highest BCUT2D eigenvalue weighted by Crippen LogP contribution is 2.13. The van der Waals surface area contributed by atoms with Crippen LogP contribution in [0.25, 0.3) is 23.3 Å². The van der Waals surface area contributed by atoms with Crippen LogP contribution >= 0.6 is 0 Å². The number of rotatable bonds is 6. The number of aromatic nitrogens is 4. The molecule has 0 aliphatic rings. The molecule has 6 nitrogen and oxygen atoms in total. The smallest absolute Gasteiger partial charge is 0.322 e. The minimum atomic E-state index is -0.418. The highest BCUT2D eigenvalue weighted by molar-refractivity contribution is 5.76.